The molecule has 0 aliphatic carbocycles. The third-order valence-electron chi connectivity index (χ3n) is 3.74. The average molecular weight is 327 g/mol. The third-order valence-corrected chi connectivity index (χ3v) is 6.15. The fourth-order valence-corrected chi connectivity index (χ4v) is 3.60. The highest BCUT2D eigenvalue weighted by atomic mass is 32.2. The van der Waals surface area contributed by atoms with Crippen molar-refractivity contribution in [2.75, 3.05) is 0 Å². The Hall–Kier alpha value is -2.47. The standard InChI is InChI=1S/C17H17N3O2S/c1-17(2,23(21,22)14-8-4-3-5-9-14)12-13-20-16-11-7-6-10-15(16)18-19-20/h3-13H,1-2H3/b13-12+. The van der Waals surface area contributed by atoms with Crippen molar-refractivity contribution in [2.45, 2.75) is 23.5 Å². The van der Waals surface area contributed by atoms with Crippen LogP contribution in [-0.4, -0.2) is 28.2 Å². The third kappa shape index (κ3) is 2.77. The van der Waals surface area contributed by atoms with Crippen molar-refractivity contribution >= 4 is 27.1 Å². The van der Waals surface area contributed by atoms with E-state index in [2.05, 4.69) is 10.3 Å². The van der Waals surface area contributed by atoms with Gasteiger partial charge in [0.15, 0.2) is 9.84 Å². The highest BCUT2D eigenvalue weighted by Gasteiger charge is 2.33. The van der Waals surface area contributed by atoms with Crippen molar-refractivity contribution in [1.29, 1.82) is 0 Å². The molecule has 0 N–H and O–H groups in total. The number of para-hydroxylation sites is 1. The predicted octanol–water partition coefficient (Wildman–Crippen LogP) is 3.15. The van der Waals surface area contributed by atoms with Crippen molar-refractivity contribution in [3.8, 4) is 0 Å². The second kappa shape index (κ2) is 5.62. The van der Waals surface area contributed by atoms with Crippen LogP contribution < -0.4 is 0 Å². The molecule has 3 aromatic rings. The number of hydrogen-bond acceptors (Lipinski definition) is 4. The maximum absolute atomic E-state index is 12.8. The van der Waals surface area contributed by atoms with E-state index in [4.69, 9.17) is 0 Å². The van der Waals surface area contributed by atoms with Gasteiger partial charge in [0.2, 0.25) is 0 Å². The van der Waals surface area contributed by atoms with Gasteiger partial charge in [-0.25, -0.2) is 13.1 Å². The summed E-state index contributed by atoms with van der Waals surface area (Å²) in [6.07, 6.45) is 3.28. The van der Waals surface area contributed by atoms with Crippen LogP contribution >= 0.6 is 0 Å². The molecule has 23 heavy (non-hydrogen) atoms. The second-order valence-corrected chi connectivity index (χ2v) is 8.29. The molecular weight excluding hydrogens is 310 g/mol. The van der Waals surface area contributed by atoms with Gasteiger partial charge in [0.05, 0.1) is 15.2 Å². The molecule has 0 atom stereocenters. The van der Waals surface area contributed by atoms with Crippen LogP contribution in [-0.2, 0) is 9.84 Å². The maximum atomic E-state index is 12.8. The lowest BCUT2D eigenvalue weighted by Crippen LogP contribution is -2.29. The molecule has 0 bridgehead atoms. The SMILES string of the molecule is CC(C)(/C=C/n1nnc2ccccc21)S(=O)(=O)c1ccccc1. The van der Waals surface area contributed by atoms with Gasteiger partial charge in [0, 0.05) is 6.20 Å². The molecule has 6 heteroatoms. The number of sulfone groups is 1. The van der Waals surface area contributed by atoms with Crippen molar-refractivity contribution < 1.29 is 8.42 Å². The largest absolute Gasteiger partial charge is 0.223 e. The summed E-state index contributed by atoms with van der Waals surface area (Å²) in [7, 11) is -3.49. The number of fused-ring (bicyclic) bond motifs is 1. The summed E-state index contributed by atoms with van der Waals surface area (Å²) in [6, 6.07) is 16.0. The Morgan fingerprint density at radius 2 is 1.65 bits per heavy atom. The summed E-state index contributed by atoms with van der Waals surface area (Å²) in [5.74, 6) is 0. The topological polar surface area (TPSA) is 64.8 Å². The first-order valence-corrected chi connectivity index (χ1v) is 8.69. The first-order valence-electron chi connectivity index (χ1n) is 7.21. The van der Waals surface area contributed by atoms with Crippen molar-refractivity contribution in [3.05, 3.63) is 60.7 Å². The molecule has 0 saturated carbocycles. The molecule has 0 saturated heterocycles. The fraction of sp³-hybridized carbons (Fsp3) is 0.176. The summed E-state index contributed by atoms with van der Waals surface area (Å²) in [6.45, 7) is 3.34. The molecule has 0 aliphatic heterocycles. The summed E-state index contributed by atoms with van der Waals surface area (Å²) < 4.78 is 26.1. The zero-order chi connectivity index (χ0) is 16.5. The summed E-state index contributed by atoms with van der Waals surface area (Å²) in [5, 5.41) is 8.09. The van der Waals surface area contributed by atoms with Crippen LogP contribution in [0.2, 0.25) is 0 Å². The minimum Gasteiger partial charge on any atom is -0.223 e. The van der Waals surface area contributed by atoms with Gasteiger partial charge in [0.25, 0.3) is 0 Å². The maximum Gasteiger partial charge on any atom is 0.187 e. The van der Waals surface area contributed by atoms with E-state index < -0.39 is 14.6 Å². The molecule has 0 amide bonds. The molecule has 0 radical (unpaired) electrons. The number of nitrogens with zero attached hydrogens (tertiary/aromatic N) is 3. The van der Waals surface area contributed by atoms with Crippen molar-refractivity contribution in [3.63, 3.8) is 0 Å². The summed E-state index contributed by atoms with van der Waals surface area (Å²) >= 11 is 0. The number of hydrogen-bond donors (Lipinski definition) is 0. The van der Waals surface area contributed by atoms with Gasteiger partial charge in [-0.05, 0) is 44.2 Å². The van der Waals surface area contributed by atoms with Gasteiger partial charge >= 0.3 is 0 Å². The van der Waals surface area contributed by atoms with E-state index in [0.717, 1.165) is 11.0 Å². The van der Waals surface area contributed by atoms with E-state index in [1.165, 1.54) is 0 Å². The summed E-state index contributed by atoms with van der Waals surface area (Å²) in [4.78, 5) is 0.304. The smallest absolute Gasteiger partial charge is 0.187 e. The Morgan fingerprint density at radius 1 is 1.00 bits per heavy atom. The first-order chi connectivity index (χ1) is 10.9. The molecule has 0 fully saturated rings. The lowest BCUT2D eigenvalue weighted by molar-refractivity contribution is 0.572. The van der Waals surface area contributed by atoms with Crippen LogP contribution in [0.15, 0.2) is 65.6 Å². The van der Waals surface area contributed by atoms with E-state index in [1.54, 1.807) is 61.1 Å². The zero-order valence-corrected chi connectivity index (χ0v) is 13.7. The van der Waals surface area contributed by atoms with Gasteiger partial charge in [-0.15, -0.1) is 5.10 Å². The Labute approximate surface area is 135 Å². The monoisotopic (exact) mass is 327 g/mol. The molecule has 1 heterocycles. The van der Waals surface area contributed by atoms with Crippen LogP contribution in [0, 0.1) is 0 Å². The van der Waals surface area contributed by atoms with E-state index in [-0.39, 0.29) is 0 Å². The van der Waals surface area contributed by atoms with Gasteiger partial charge in [-0.1, -0.05) is 35.5 Å². The highest BCUT2D eigenvalue weighted by Crippen LogP contribution is 2.27. The minimum absolute atomic E-state index is 0.304. The fourth-order valence-electron chi connectivity index (χ4n) is 2.24. The molecule has 0 aliphatic rings. The first kappa shape index (κ1) is 15.4. The lowest BCUT2D eigenvalue weighted by atomic mass is 10.2. The normalized spacial score (nSPS) is 13.0. The van der Waals surface area contributed by atoms with Crippen LogP contribution in [0.25, 0.3) is 17.2 Å². The number of benzene rings is 2. The minimum atomic E-state index is -3.49. The van der Waals surface area contributed by atoms with Gasteiger partial charge in [-0.2, -0.15) is 0 Å². The molecule has 1 aromatic heterocycles. The molecule has 5 nitrogen and oxygen atoms in total. The van der Waals surface area contributed by atoms with Crippen molar-refractivity contribution in [2.24, 2.45) is 0 Å². The van der Waals surface area contributed by atoms with Gasteiger partial charge in [0.1, 0.15) is 5.52 Å². The second-order valence-electron chi connectivity index (χ2n) is 5.76. The van der Waals surface area contributed by atoms with Crippen LogP contribution in [0.4, 0.5) is 0 Å². The average Bonchev–Trinajstić information content (AvgIpc) is 2.97. The van der Waals surface area contributed by atoms with Crippen LogP contribution in [0.3, 0.4) is 0 Å². The number of rotatable bonds is 4. The molecule has 2 aromatic carbocycles. The Bertz CT molecular complexity index is 958. The van der Waals surface area contributed by atoms with E-state index in [1.807, 2.05) is 24.3 Å². The Kier molecular flexibility index (Phi) is 3.77. The highest BCUT2D eigenvalue weighted by molar-refractivity contribution is 7.93. The molecule has 118 valence electrons. The zero-order valence-electron chi connectivity index (χ0n) is 12.9. The molecular formula is C17H17N3O2S. The quantitative estimate of drug-likeness (QED) is 0.738. The lowest BCUT2D eigenvalue weighted by Gasteiger charge is -2.20. The molecule has 3 rings (SSSR count). The van der Waals surface area contributed by atoms with Gasteiger partial charge in [-0.3, -0.25) is 0 Å². The molecule has 0 spiro atoms. The van der Waals surface area contributed by atoms with Crippen LogP contribution in [0.1, 0.15) is 13.8 Å². The molecule has 0 unspecified atom stereocenters. The number of aromatic nitrogens is 3. The Morgan fingerprint density at radius 3 is 2.39 bits per heavy atom. The van der Waals surface area contributed by atoms with E-state index in [0.29, 0.717) is 4.90 Å². The summed E-state index contributed by atoms with van der Waals surface area (Å²) in [5.41, 5.74) is 1.59. The Balaban J connectivity index is 1.97. The van der Waals surface area contributed by atoms with Crippen molar-refractivity contribution in [1.82, 2.24) is 15.0 Å². The predicted molar refractivity (Wildman–Crippen MR) is 90.6 cm³/mol. The van der Waals surface area contributed by atoms with E-state index in [9.17, 15) is 8.42 Å². The van der Waals surface area contributed by atoms with Crippen LogP contribution in [0.5, 0.6) is 0 Å². The van der Waals surface area contributed by atoms with Gasteiger partial charge < -0.3 is 0 Å². The van der Waals surface area contributed by atoms with E-state index >= 15 is 0 Å².